The third kappa shape index (κ3) is 2.86. The van der Waals surface area contributed by atoms with Crippen molar-refractivity contribution in [2.75, 3.05) is 6.61 Å². The van der Waals surface area contributed by atoms with E-state index >= 15 is 0 Å². The van der Waals surface area contributed by atoms with Gasteiger partial charge in [0.05, 0.1) is 17.0 Å². The highest BCUT2D eigenvalue weighted by Gasteiger charge is 2.35. The van der Waals surface area contributed by atoms with Gasteiger partial charge in [-0.15, -0.1) is 11.3 Å². The number of ketones is 2. The molecule has 1 unspecified atom stereocenters. The molecule has 4 nitrogen and oxygen atoms in total. The van der Waals surface area contributed by atoms with Crippen LogP contribution in [0.15, 0.2) is 0 Å². The van der Waals surface area contributed by atoms with Crippen LogP contribution >= 0.6 is 11.3 Å². The largest absolute Gasteiger partial charge is 0.462 e. The molecule has 1 heterocycles. The number of thiophene rings is 1. The van der Waals surface area contributed by atoms with Crippen LogP contribution in [-0.2, 0) is 22.4 Å². The third-order valence-corrected chi connectivity index (χ3v) is 5.54. The molecule has 5 heteroatoms. The van der Waals surface area contributed by atoms with Gasteiger partial charge in [-0.3, -0.25) is 9.59 Å². The van der Waals surface area contributed by atoms with E-state index in [1.54, 1.807) is 6.92 Å². The summed E-state index contributed by atoms with van der Waals surface area (Å²) < 4.78 is 5.17. The van der Waals surface area contributed by atoms with Crippen LogP contribution < -0.4 is 0 Å². The quantitative estimate of drug-likeness (QED) is 0.782. The van der Waals surface area contributed by atoms with Gasteiger partial charge in [0.25, 0.3) is 0 Å². The molecule has 22 heavy (non-hydrogen) atoms. The van der Waals surface area contributed by atoms with Gasteiger partial charge in [-0.05, 0) is 37.7 Å². The predicted octanol–water partition coefficient (Wildman–Crippen LogP) is 3.21. The Morgan fingerprint density at radius 3 is 2.64 bits per heavy atom. The number of Topliss-reactive ketones (excluding diaryl/α,β-unsaturated/α-hetero) is 2. The van der Waals surface area contributed by atoms with Crippen molar-refractivity contribution in [2.24, 2.45) is 11.8 Å². The molecule has 0 spiro atoms. The predicted molar refractivity (Wildman–Crippen MR) is 83.5 cm³/mol. The maximum Gasteiger partial charge on any atom is 0.339 e. The first-order chi connectivity index (χ1) is 10.5. The standard InChI is InChI=1S/C17H20O4S/c1-3-21-17(20)15-11-6-9(2)7-13(19)16(11)22-14(15)8-12(18)10-4-5-10/h9-10H,3-8H2,1-2H3. The van der Waals surface area contributed by atoms with Gasteiger partial charge >= 0.3 is 5.97 Å². The van der Waals surface area contributed by atoms with E-state index in [4.69, 9.17) is 4.74 Å². The lowest BCUT2D eigenvalue weighted by Crippen LogP contribution is -2.19. The molecule has 0 saturated heterocycles. The summed E-state index contributed by atoms with van der Waals surface area (Å²) in [5.74, 6) is 0.276. The summed E-state index contributed by atoms with van der Waals surface area (Å²) in [5.41, 5.74) is 1.31. The van der Waals surface area contributed by atoms with Gasteiger partial charge < -0.3 is 4.74 Å². The van der Waals surface area contributed by atoms with Crippen molar-refractivity contribution in [3.05, 3.63) is 20.9 Å². The summed E-state index contributed by atoms with van der Waals surface area (Å²) in [6, 6.07) is 0. The van der Waals surface area contributed by atoms with Gasteiger partial charge in [-0.1, -0.05) is 6.92 Å². The minimum Gasteiger partial charge on any atom is -0.462 e. The number of carbonyl (C=O) groups is 3. The molecule has 1 atom stereocenters. The lowest BCUT2D eigenvalue weighted by atomic mass is 9.86. The van der Waals surface area contributed by atoms with Gasteiger partial charge in [0.1, 0.15) is 5.78 Å². The highest BCUT2D eigenvalue weighted by molar-refractivity contribution is 7.14. The second-order valence-corrected chi connectivity index (χ2v) is 7.39. The van der Waals surface area contributed by atoms with Crippen molar-refractivity contribution in [2.45, 2.75) is 46.0 Å². The van der Waals surface area contributed by atoms with Crippen molar-refractivity contribution < 1.29 is 19.1 Å². The molecule has 1 aromatic rings. The molecule has 0 N–H and O–H groups in total. The summed E-state index contributed by atoms with van der Waals surface area (Å²) >= 11 is 1.33. The number of fused-ring (bicyclic) bond motifs is 1. The van der Waals surface area contributed by atoms with Gasteiger partial charge in [0.15, 0.2) is 5.78 Å². The van der Waals surface area contributed by atoms with Crippen molar-refractivity contribution in [1.82, 2.24) is 0 Å². The zero-order valence-electron chi connectivity index (χ0n) is 12.9. The van der Waals surface area contributed by atoms with E-state index in [9.17, 15) is 14.4 Å². The molecule has 1 aromatic heterocycles. The monoisotopic (exact) mass is 320 g/mol. The average molecular weight is 320 g/mol. The summed E-state index contributed by atoms with van der Waals surface area (Å²) in [7, 11) is 0. The molecular weight excluding hydrogens is 300 g/mol. The summed E-state index contributed by atoms with van der Waals surface area (Å²) in [5, 5.41) is 0. The lowest BCUT2D eigenvalue weighted by Gasteiger charge is -2.18. The van der Waals surface area contributed by atoms with E-state index < -0.39 is 0 Å². The lowest BCUT2D eigenvalue weighted by molar-refractivity contribution is -0.119. The van der Waals surface area contributed by atoms with Crippen LogP contribution in [0.5, 0.6) is 0 Å². The molecule has 0 radical (unpaired) electrons. The Morgan fingerprint density at radius 2 is 2.00 bits per heavy atom. The van der Waals surface area contributed by atoms with Crippen molar-refractivity contribution in [3.63, 3.8) is 0 Å². The first-order valence-electron chi connectivity index (χ1n) is 7.88. The minimum absolute atomic E-state index is 0.0921. The number of carbonyl (C=O) groups excluding carboxylic acids is 3. The van der Waals surface area contributed by atoms with Crippen molar-refractivity contribution >= 4 is 28.9 Å². The number of ether oxygens (including phenoxy) is 1. The molecule has 1 saturated carbocycles. The van der Waals surface area contributed by atoms with E-state index in [0.29, 0.717) is 29.9 Å². The highest BCUT2D eigenvalue weighted by Crippen LogP contribution is 2.39. The maximum atomic E-state index is 12.3. The molecule has 2 aliphatic rings. The van der Waals surface area contributed by atoms with Crippen LogP contribution in [0.2, 0.25) is 0 Å². The average Bonchev–Trinajstić information content (AvgIpc) is 3.22. The normalized spacial score (nSPS) is 20.6. The maximum absolute atomic E-state index is 12.3. The molecule has 0 aromatic carbocycles. The topological polar surface area (TPSA) is 60.4 Å². The van der Waals surface area contributed by atoms with Gasteiger partial charge in [-0.25, -0.2) is 4.79 Å². The van der Waals surface area contributed by atoms with Crippen molar-refractivity contribution in [1.29, 1.82) is 0 Å². The van der Waals surface area contributed by atoms with Crippen LogP contribution in [-0.4, -0.2) is 24.1 Å². The molecule has 118 valence electrons. The van der Waals surface area contributed by atoms with Crippen LogP contribution in [0.3, 0.4) is 0 Å². The smallest absolute Gasteiger partial charge is 0.339 e. The van der Waals surface area contributed by atoms with Crippen LogP contribution in [0.1, 0.15) is 63.6 Å². The minimum atomic E-state index is -0.388. The molecule has 0 aliphatic heterocycles. The molecule has 0 bridgehead atoms. The van der Waals surface area contributed by atoms with E-state index in [2.05, 4.69) is 0 Å². The van der Waals surface area contributed by atoms with Gasteiger partial charge in [0, 0.05) is 23.6 Å². The Kier molecular flexibility index (Phi) is 4.17. The Morgan fingerprint density at radius 1 is 1.27 bits per heavy atom. The van der Waals surface area contributed by atoms with E-state index in [0.717, 1.165) is 23.3 Å². The van der Waals surface area contributed by atoms with E-state index in [1.165, 1.54) is 11.3 Å². The Labute approximate surface area is 133 Å². The summed E-state index contributed by atoms with van der Waals surface area (Å²) in [6.07, 6.45) is 3.40. The van der Waals surface area contributed by atoms with Crippen LogP contribution in [0, 0.1) is 11.8 Å². The Bertz CT molecular complexity index is 639. The summed E-state index contributed by atoms with van der Waals surface area (Å²) in [4.78, 5) is 38.1. The SMILES string of the molecule is CCOC(=O)c1c(CC(=O)C2CC2)sc2c1CC(C)CC2=O. The second-order valence-electron chi connectivity index (χ2n) is 6.28. The Balaban J connectivity index is 2.00. The second kappa shape index (κ2) is 5.95. The highest BCUT2D eigenvalue weighted by atomic mass is 32.1. The molecule has 2 aliphatic carbocycles. The Hall–Kier alpha value is -1.49. The van der Waals surface area contributed by atoms with Crippen LogP contribution in [0.25, 0.3) is 0 Å². The third-order valence-electron chi connectivity index (χ3n) is 4.27. The fourth-order valence-electron chi connectivity index (χ4n) is 3.04. The number of hydrogen-bond donors (Lipinski definition) is 0. The first-order valence-corrected chi connectivity index (χ1v) is 8.70. The molecule has 1 fully saturated rings. The number of esters is 1. The fourth-order valence-corrected chi connectivity index (χ4v) is 4.32. The molecule has 3 rings (SSSR count). The molecule has 0 amide bonds. The van der Waals surface area contributed by atoms with E-state index in [1.807, 2.05) is 6.92 Å². The molecular formula is C17H20O4S. The fraction of sp³-hybridized carbons (Fsp3) is 0.588. The zero-order chi connectivity index (χ0) is 15.9. The zero-order valence-corrected chi connectivity index (χ0v) is 13.8. The van der Waals surface area contributed by atoms with Crippen molar-refractivity contribution in [3.8, 4) is 0 Å². The van der Waals surface area contributed by atoms with Gasteiger partial charge in [0.2, 0.25) is 0 Å². The van der Waals surface area contributed by atoms with E-state index in [-0.39, 0.29) is 35.8 Å². The number of rotatable bonds is 5. The summed E-state index contributed by atoms with van der Waals surface area (Å²) in [6.45, 7) is 4.07. The van der Waals surface area contributed by atoms with Gasteiger partial charge in [-0.2, -0.15) is 0 Å². The number of hydrogen-bond acceptors (Lipinski definition) is 5. The first kappa shape index (κ1) is 15.4. The van der Waals surface area contributed by atoms with Crippen LogP contribution in [0.4, 0.5) is 0 Å².